The molecule has 0 aliphatic rings. The Morgan fingerprint density at radius 2 is 2.27 bits per heavy atom. The molecule has 2 aromatic heterocycles. The smallest absolute Gasteiger partial charge is 0.118 e. The molecule has 0 fully saturated rings. The molecule has 0 aliphatic carbocycles. The predicted octanol–water partition coefficient (Wildman–Crippen LogP) is 3.52. The van der Waals surface area contributed by atoms with E-state index in [-0.39, 0.29) is 0 Å². The fourth-order valence-corrected chi connectivity index (χ4v) is 2.78. The van der Waals surface area contributed by atoms with Crippen molar-refractivity contribution in [2.45, 2.75) is 13.5 Å². The summed E-state index contributed by atoms with van der Waals surface area (Å²) in [5, 5.41) is 4.33. The van der Waals surface area contributed by atoms with E-state index in [9.17, 15) is 0 Å². The molecule has 0 unspecified atom stereocenters. The van der Waals surface area contributed by atoms with Crippen LogP contribution in [-0.2, 0) is 6.54 Å². The van der Waals surface area contributed by atoms with Crippen LogP contribution in [0.25, 0.3) is 11.3 Å². The maximum Gasteiger partial charge on any atom is 0.118 e. The third-order valence-electron chi connectivity index (χ3n) is 2.03. The number of rotatable bonds is 2. The summed E-state index contributed by atoms with van der Waals surface area (Å²) in [6, 6.07) is 1.78. The third-order valence-corrected chi connectivity index (χ3v) is 3.51. The van der Waals surface area contributed by atoms with Crippen LogP contribution in [0.2, 0.25) is 8.67 Å². The third kappa shape index (κ3) is 1.97. The minimum atomic E-state index is 0.619. The van der Waals surface area contributed by atoms with E-state index < -0.39 is 0 Å². The van der Waals surface area contributed by atoms with Crippen molar-refractivity contribution in [1.82, 2.24) is 9.78 Å². The monoisotopic (exact) mass is 261 g/mol. The number of hydrogen-bond donors (Lipinski definition) is 1. The number of nitrogens with two attached hydrogens (primary N) is 1. The van der Waals surface area contributed by atoms with Gasteiger partial charge in [-0.1, -0.05) is 23.2 Å². The van der Waals surface area contributed by atoms with Gasteiger partial charge in [-0.25, -0.2) is 0 Å². The van der Waals surface area contributed by atoms with Crippen LogP contribution in [0.4, 0.5) is 5.69 Å². The van der Waals surface area contributed by atoms with E-state index in [0.717, 1.165) is 12.1 Å². The van der Waals surface area contributed by atoms with Gasteiger partial charge in [-0.05, 0) is 13.0 Å². The zero-order chi connectivity index (χ0) is 11.0. The van der Waals surface area contributed by atoms with Gasteiger partial charge in [0.2, 0.25) is 0 Å². The molecule has 0 aromatic carbocycles. The Hall–Kier alpha value is -0.710. The number of halogens is 2. The molecule has 6 heteroatoms. The largest absolute Gasteiger partial charge is 0.396 e. The van der Waals surface area contributed by atoms with Gasteiger partial charge in [-0.15, -0.1) is 11.3 Å². The molecule has 2 N–H and O–H groups in total. The maximum absolute atomic E-state index is 6.03. The second-order valence-electron chi connectivity index (χ2n) is 3.03. The second-order valence-corrected chi connectivity index (χ2v) is 5.31. The lowest BCUT2D eigenvalue weighted by Gasteiger charge is -1.94. The highest BCUT2D eigenvalue weighted by atomic mass is 35.5. The van der Waals surface area contributed by atoms with Crippen molar-refractivity contribution < 1.29 is 0 Å². The number of thiophene rings is 1. The topological polar surface area (TPSA) is 43.8 Å². The Kier molecular flexibility index (Phi) is 2.91. The lowest BCUT2D eigenvalue weighted by atomic mass is 10.2. The first-order valence-electron chi connectivity index (χ1n) is 4.40. The first-order valence-corrected chi connectivity index (χ1v) is 5.97. The lowest BCUT2D eigenvalue weighted by molar-refractivity contribution is 0.662. The van der Waals surface area contributed by atoms with Gasteiger partial charge < -0.3 is 5.73 Å². The van der Waals surface area contributed by atoms with Gasteiger partial charge in [0.05, 0.1) is 10.0 Å². The summed E-state index contributed by atoms with van der Waals surface area (Å²) in [6.07, 6.45) is 1.79. The summed E-state index contributed by atoms with van der Waals surface area (Å²) < 4.78 is 3.03. The van der Waals surface area contributed by atoms with Crippen LogP contribution in [0.3, 0.4) is 0 Å². The average molecular weight is 262 g/mol. The van der Waals surface area contributed by atoms with Crippen molar-refractivity contribution in [2.24, 2.45) is 0 Å². The molecule has 0 saturated heterocycles. The second kappa shape index (κ2) is 4.04. The molecule has 15 heavy (non-hydrogen) atoms. The minimum Gasteiger partial charge on any atom is -0.396 e. The van der Waals surface area contributed by atoms with Crippen molar-refractivity contribution in [2.75, 3.05) is 5.73 Å². The maximum atomic E-state index is 6.03. The summed E-state index contributed by atoms with van der Waals surface area (Å²) in [5.74, 6) is 0. The summed E-state index contributed by atoms with van der Waals surface area (Å²) in [6.45, 7) is 2.78. The molecule has 0 amide bonds. The Bertz CT molecular complexity index is 490. The van der Waals surface area contributed by atoms with Crippen LogP contribution in [0.1, 0.15) is 6.92 Å². The highest BCUT2D eigenvalue weighted by Gasteiger charge is 2.14. The van der Waals surface area contributed by atoms with E-state index in [0.29, 0.717) is 20.1 Å². The highest BCUT2D eigenvalue weighted by Crippen LogP contribution is 2.39. The number of nitrogen functional groups attached to an aromatic ring is 1. The molecule has 0 spiro atoms. The van der Waals surface area contributed by atoms with E-state index >= 15 is 0 Å². The fourth-order valence-electron chi connectivity index (χ4n) is 1.31. The molecular weight excluding hydrogens is 253 g/mol. The van der Waals surface area contributed by atoms with Crippen LogP contribution in [0.15, 0.2) is 12.3 Å². The van der Waals surface area contributed by atoms with Crippen LogP contribution >= 0.6 is 34.5 Å². The van der Waals surface area contributed by atoms with Gasteiger partial charge in [0.15, 0.2) is 0 Å². The van der Waals surface area contributed by atoms with E-state index in [2.05, 4.69) is 5.10 Å². The first kappa shape index (κ1) is 10.8. The zero-order valence-electron chi connectivity index (χ0n) is 8.00. The molecule has 0 aliphatic heterocycles. The number of nitrogens with zero attached hydrogens (tertiary/aromatic N) is 2. The fraction of sp³-hybridized carbons (Fsp3) is 0.222. The molecule has 0 atom stereocenters. The Labute approximate surface area is 101 Å². The van der Waals surface area contributed by atoms with E-state index in [4.69, 9.17) is 28.9 Å². The van der Waals surface area contributed by atoms with E-state index in [1.165, 1.54) is 11.3 Å². The molecule has 2 rings (SSSR count). The number of anilines is 1. The summed E-state index contributed by atoms with van der Waals surface area (Å²) in [4.78, 5) is 0. The molecule has 0 bridgehead atoms. The van der Waals surface area contributed by atoms with Gasteiger partial charge in [0, 0.05) is 18.3 Å². The molecule has 2 aromatic rings. The Morgan fingerprint density at radius 3 is 2.73 bits per heavy atom. The van der Waals surface area contributed by atoms with E-state index in [1.807, 2.05) is 6.92 Å². The highest BCUT2D eigenvalue weighted by molar-refractivity contribution is 7.20. The van der Waals surface area contributed by atoms with Gasteiger partial charge in [-0.3, -0.25) is 4.68 Å². The van der Waals surface area contributed by atoms with Gasteiger partial charge in [-0.2, -0.15) is 5.10 Å². The standard InChI is InChI=1S/C9H9Cl2N3S/c1-2-14-4-6(12)8(13-14)5-3-7(10)15-9(5)11/h3-4H,2,12H2,1H3. The molecule has 0 radical (unpaired) electrons. The quantitative estimate of drug-likeness (QED) is 0.899. The van der Waals surface area contributed by atoms with Crippen molar-refractivity contribution in [1.29, 1.82) is 0 Å². The van der Waals surface area contributed by atoms with Crippen LogP contribution < -0.4 is 5.73 Å². The van der Waals surface area contributed by atoms with Crippen molar-refractivity contribution in [3.05, 3.63) is 20.9 Å². The molecule has 3 nitrogen and oxygen atoms in total. The lowest BCUT2D eigenvalue weighted by Crippen LogP contribution is -1.93. The molecule has 0 saturated carbocycles. The zero-order valence-corrected chi connectivity index (χ0v) is 10.3. The number of hydrogen-bond acceptors (Lipinski definition) is 3. The summed E-state index contributed by atoms with van der Waals surface area (Å²) in [5.41, 5.74) is 7.97. The van der Waals surface area contributed by atoms with Crippen molar-refractivity contribution >= 4 is 40.2 Å². The first-order chi connectivity index (χ1) is 7.11. The van der Waals surface area contributed by atoms with Crippen LogP contribution in [0.5, 0.6) is 0 Å². The molecular formula is C9H9Cl2N3S. The molecule has 80 valence electrons. The van der Waals surface area contributed by atoms with Gasteiger partial charge >= 0.3 is 0 Å². The van der Waals surface area contributed by atoms with Crippen LogP contribution in [0, 0.1) is 0 Å². The normalized spacial score (nSPS) is 10.9. The minimum absolute atomic E-state index is 0.619. The Balaban J connectivity index is 2.53. The van der Waals surface area contributed by atoms with Gasteiger partial charge in [0.25, 0.3) is 0 Å². The predicted molar refractivity (Wildman–Crippen MR) is 65.6 cm³/mol. The SMILES string of the molecule is CCn1cc(N)c(-c2cc(Cl)sc2Cl)n1. The summed E-state index contributed by atoms with van der Waals surface area (Å²) >= 11 is 13.2. The average Bonchev–Trinajstić information content (AvgIpc) is 2.69. The summed E-state index contributed by atoms with van der Waals surface area (Å²) in [7, 11) is 0. The van der Waals surface area contributed by atoms with Crippen molar-refractivity contribution in [3.8, 4) is 11.3 Å². The number of aromatic nitrogens is 2. The van der Waals surface area contributed by atoms with Gasteiger partial charge in [0.1, 0.15) is 10.0 Å². The van der Waals surface area contributed by atoms with Crippen molar-refractivity contribution in [3.63, 3.8) is 0 Å². The van der Waals surface area contributed by atoms with Crippen LogP contribution in [-0.4, -0.2) is 9.78 Å². The molecule has 2 heterocycles. The van der Waals surface area contributed by atoms with E-state index in [1.54, 1.807) is 16.9 Å². The number of aryl methyl sites for hydroxylation is 1. The Morgan fingerprint density at radius 1 is 1.53 bits per heavy atom.